The van der Waals surface area contributed by atoms with Gasteiger partial charge in [-0.25, -0.2) is 0 Å². The van der Waals surface area contributed by atoms with Crippen molar-refractivity contribution >= 4 is 17.7 Å². The van der Waals surface area contributed by atoms with Crippen LogP contribution in [0.4, 0.5) is 0 Å². The van der Waals surface area contributed by atoms with Crippen LogP contribution in [-0.2, 0) is 14.4 Å². The Morgan fingerprint density at radius 3 is 1.97 bits per heavy atom. The van der Waals surface area contributed by atoms with E-state index in [0.717, 1.165) is 57.8 Å². The van der Waals surface area contributed by atoms with Crippen LogP contribution in [0.25, 0.3) is 0 Å². The predicted molar refractivity (Wildman–Crippen MR) is 116 cm³/mol. The molecule has 0 spiro atoms. The van der Waals surface area contributed by atoms with E-state index in [-0.39, 0.29) is 11.8 Å². The van der Waals surface area contributed by atoms with Gasteiger partial charge in [-0.3, -0.25) is 14.4 Å². The van der Waals surface area contributed by atoms with E-state index in [2.05, 4.69) is 10.6 Å². The molecule has 170 valence electrons. The maximum Gasteiger partial charge on any atom is 0.239 e. The molecule has 9 heteroatoms. The zero-order chi connectivity index (χ0) is 21.9. The molecule has 2 atom stereocenters. The number of primary amides is 1. The number of hydrogen-bond donors (Lipinski definition) is 6. The summed E-state index contributed by atoms with van der Waals surface area (Å²) >= 11 is 0. The molecule has 0 rings (SSSR count). The van der Waals surface area contributed by atoms with Gasteiger partial charge in [-0.05, 0) is 58.0 Å². The topological polar surface area (TPSA) is 179 Å². The molecule has 0 aliphatic heterocycles. The molecule has 10 N–H and O–H groups in total. The summed E-state index contributed by atoms with van der Waals surface area (Å²) in [7, 11) is 0. The smallest absolute Gasteiger partial charge is 0.239 e. The summed E-state index contributed by atoms with van der Waals surface area (Å²) in [6.07, 6.45) is 9.44. The number of carbonyl (C=O) groups excluding carboxylic acids is 3. The molecule has 9 nitrogen and oxygen atoms in total. The Bertz CT molecular complexity index is 461. The van der Waals surface area contributed by atoms with E-state index in [4.69, 9.17) is 22.9 Å². The first-order valence-electron chi connectivity index (χ1n) is 10.9. The largest absolute Gasteiger partial charge is 0.368 e. The number of unbranched alkanes of at least 4 members (excludes halogenated alkanes) is 6. The zero-order valence-corrected chi connectivity index (χ0v) is 17.8. The third-order valence-corrected chi connectivity index (χ3v) is 4.81. The quantitative estimate of drug-likeness (QED) is 0.162. The molecule has 0 heterocycles. The van der Waals surface area contributed by atoms with E-state index in [0.29, 0.717) is 38.9 Å². The maximum atomic E-state index is 11.9. The van der Waals surface area contributed by atoms with Crippen LogP contribution in [-0.4, -0.2) is 49.4 Å². The molecule has 0 fully saturated rings. The van der Waals surface area contributed by atoms with Crippen molar-refractivity contribution in [3.8, 4) is 0 Å². The first-order chi connectivity index (χ1) is 13.9. The molecule has 3 amide bonds. The highest BCUT2D eigenvalue weighted by molar-refractivity contribution is 5.86. The lowest BCUT2D eigenvalue weighted by molar-refractivity contribution is -0.127. The highest BCUT2D eigenvalue weighted by atomic mass is 16.2. The van der Waals surface area contributed by atoms with Gasteiger partial charge in [0.1, 0.15) is 6.04 Å². The van der Waals surface area contributed by atoms with Gasteiger partial charge in [0.2, 0.25) is 17.7 Å². The lowest BCUT2D eigenvalue weighted by atomic mass is 10.1. The Morgan fingerprint density at radius 1 is 0.759 bits per heavy atom. The molecular weight excluding hydrogens is 372 g/mol. The van der Waals surface area contributed by atoms with Crippen LogP contribution < -0.4 is 33.6 Å². The van der Waals surface area contributed by atoms with Gasteiger partial charge >= 0.3 is 0 Å². The number of nitrogens with two attached hydrogens (primary N) is 4. The summed E-state index contributed by atoms with van der Waals surface area (Å²) in [4.78, 5) is 35.2. The van der Waals surface area contributed by atoms with Gasteiger partial charge in [0.15, 0.2) is 0 Å². The molecule has 0 saturated carbocycles. The van der Waals surface area contributed by atoms with Crippen molar-refractivity contribution in [2.75, 3.05) is 19.6 Å². The lowest BCUT2D eigenvalue weighted by Crippen LogP contribution is -2.44. The van der Waals surface area contributed by atoms with Crippen LogP contribution in [0.5, 0.6) is 0 Å². The minimum absolute atomic E-state index is 0.103. The number of carbonyl (C=O) groups is 3. The third kappa shape index (κ3) is 15.8. The lowest BCUT2D eigenvalue weighted by Gasteiger charge is -2.15. The summed E-state index contributed by atoms with van der Waals surface area (Å²) < 4.78 is 0. The standard InChI is InChI=1S/C20H42N6O3/c21-13-7-5-10-16(23)20(29)25-15-9-3-1-2-4-12-18(27)26-17(19(24)28)11-6-8-14-22/h16-17H,1-15,21-23H2,(H2,24,28)(H,25,29)(H,26,27). The summed E-state index contributed by atoms with van der Waals surface area (Å²) in [6.45, 7) is 1.80. The van der Waals surface area contributed by atoms with Crippen LogP contribution in [0.2, 0.25) is 0 Å². The van der Waals surface area contributed by atoms with Crippen LogP contribution in [0.3, 0.4) is 0 Å². The van der Waals surface area contributed by atoms with E-state index >= 15 is 0 Å². The van der Waals surface area contributed by atoms with Crippen LogP contribution in [0, 0.1) is 0 Å². The summed E-state index contributed by atoms with van der Waals surface area (Å²) in [5, 5.41) is 5.57. The SMILES string of the molecule is NCCCCC(N)C(=O)NCCCCCCCC(=O)NC(CCCCN)C(N)=O. The van der Waals surface area contributed by atoms with Gasteiger partial charge in [-0.2, -0.15) is 0 Å². The Hall–Kier alpha value is -1.71. The average molecular weight is 415 g/mol. The first-order valence-corrected chi connectivity index (χ1v) is 10.9. The second-order valence-electron chi connectivity index (χ2n) is 7.51. The number of nitrogens with one attached hydrogen (secondary N) is 2. The molecule has 0 aliphatic rings. The Morgan fingerprint density at radius 2 is 1.34 bits per heavy atom. The van der Waals surface area contributed by atoms with Crippen molar-refractivity contribution in [2.45, 2.75) is 89.1 Å². The minimum atomic E-state index is -0.612. The summed E-state index contributed by atoms with van der Waals surface area (Å²) in [5.41, 5.74) is 22.0. The van der Waals surface area contributed by atoms with Gasteiger partial charge in [-0.15, -0.1) is 0 Å². The Balaban J connectivity index is 3.69. The normalized spacial score (nSPS) is 12.9. The fraction of sp³-hybridized carbons (Fsp3) is 0.850. The van der Waals surface area contributed by atoms with E-state index < -0.39 is 18.0 Å². The van der Waals surface area contributed by atoms with Crippen molar-refractivity contribution in [3.05, 3.63) is 0 Å². The van der Waals surface area contributed by atoms with E-state index in [1.165, 1.54) is 0 Å². The van der Waals surface area contributed by atoms with Crippen LogP contribution in [0.15, 0.2) is 0 Å². The van der Waals surface area contributed by atoms with Crippen LogP contribution in [0.1, 0.15) is 77.0 Å². The van der Waals surface area contributed by atoms with Crippen molar-refractivity contribution in [1.29, 1.82) is 0 Å². The van der Waals surface area contributed by atoms with Crippen LogP contribution >= 0.6 is 0 Å². The maximum absolute atomic E-state index is 11.9. The third-order valence-electron chi connectivity index (χ3n) is 4.81. The first kappa shape index (κ1) is 27.3. The van der Waals surface area contributed by atoms with Gasteiger partial charge in [0.25, 0.3) is 0 Å². The second-order valence-corrected chi connectivity index (χ2v) is 7.51. The van der Waals surface area contributed by atoms with Crippen molar-refractivity contribution in [2.24, 2.45) is 22.9 Å². The molecule has 0 aromatic carbocycles. The van der Waals surface area contributed by atoms with Crippen molar-refractivity contribution in [3.63, 3.8) is 0 Å². The molecule has 0 radical (unpaired) electrons. The monoisotopic (exact) mass is 414 g/mol. The number of rotatable bonds is 19. The predicted octanol–water partition coefficient (Wildman–Crippen LogP) is -0.00140. The molecule has 0 aromatic heterocycles. The van der Waals surface area contributed by atoms with E-state index in [9.17, 15) is 14.4 Å². The molecule has 0 aliphatic carbocycles. The number of amides is 3. The fourth-order valence-electron chi connectivity index (χ4n) is 2.97. The van der Waals surface area contributed by atoms with Gasteiger partial charge in [0.05, 0.1) is 6.04 Å². The van der Waals surface area contributed by atoms with Gasteiger partial charge < -0.3 is 33.6 Å². The molecule has 0 aromatic rings. The van der Waals surface area contributed by atoms with Crippen molar-refractivity contribution in [1.82, 2.24) is 10.6 Å². The Kier molecular flexibility index (Phi) is 17.2. The summed E-state index contributed by atoms with van der Waals surface area (Å²) in [5.74, 6) is -0.747. The van der Waals surface area contributed by atoms with Crippen molar-refractivity contribution < 1.29 is 14.4 Å². The highest BCUT2D eigenvalue weighted by Gasteiger charge is 2.17. The number of hydrogen-bond acceptors (Lipinski definition) is 6. The molecule has 0 bridgehead atoms. The fourth-order valence-corrected chi connectivity index (χ4v) is 2.97. The molecule has 29 heavy (non-hydrogen) atoms. The average Bonchev–Trinajstić information content (AvgIpc) is 2.69. The minimum Gasteiger partial charge on any atom is -0.368 e. The molecule has 2 unspecified atom stereocenters. The van der Waals surface area contributed by atoms with E-state index in [1.54, 1.807) is 0 Å². The zero-order valence-electron chi connectivity index (χ0n) is 17.8. The summed E-state index contributed by atoms with van der Waals surface area (Å²) in [6, 6.07) is -1.07. The van der Waals surface area contributed by atoms with Gasteiger partial charge in [-0.1, -0.05) is 25.7 Å². The molecular formula is C20H42N6O3. The van der Waals surface area contributed by atoms with Gasteiger partial charge in [0, 0.05) is 13.0 Å². The highest BCUT2D eigenvalue weighted by Crippen LogP contribution is 2.06. The second kappa shape index (κ2) is 18.3. The Labute approximate surface area is 175 Å². The molecule has 0 saturated heterocycles. The van der Waals surface area contributed by atoms with E-state index in [1.807, 2.05) is 0 Å².